The van der Waals surface area contributed by atoms with E-state index >= 15 is 0 Å². The largest absolute Gasteiger partial charge is 0.375 e. The van der Waals surface area contributed by atoms with Crippen molar-refractivity contribution >= 4 is 5.91 Å². The Hall–Kier alpha value is -0.570. The van der Waals surface area contributed by atoms with Crippen molar-refractivity contribution in [2.75, 3.05) is 6.54 Å². The monoisotopic (exact) mass is 241 g/mol. The molecule has 0 spiro atoms. The second kappa shape index (κ2) is 5.85. The third-order valence-electron chi connectivity index (χ3n) is 3.45. The number of likely N-dealkylation sites (tertiary alicyclic amines) is 1. The molecule has 1 saturated heterocycles. The van der Waals surface area contributed by atoms with E-state index in [1.54, 1.807) is 0 Å². The molecule has 1 atom stereocenters. The summed E-state index contributed by atoms with van der Waals surface area (Å²) in [5.41, 5.74) is -0.0802. The first-order valence-corrected chi connectivity index (χ1v) is 6.82. The van der Waals surface area contributed by atoms with Crippen LogP contribution in [0.15, 0.2) is 0 Å². The summed E-state index contributed by atoms with van der Waals surface area (Å²) in [4.78, 5) is 13.8. The fourth-order valence-electron chi connectivity index (χ4n) is 2.63. The molecule has 17 heavy (non-hydrogen) atoms. The van der Waals surface area contributed by atoms with Crippen molar-refractivity contribution in [3.8, 4) is 0 Å². The summed E-state index contributed by atoms with van der Waals surface area (Å²) in [6, 6.07) is 0. The van der Waals surface area contributed by atoms with Gasteiger partial charge < -0.3 is 9.64 Å². The molecule has 3 nitrogen and oxygen atoms in total. The third-order valence-corrected chi connectivity index (χ3v) is 3.45. The Morgan fingerprint density at radius 3 is 2.47 bits per heavy atom. The minimum Gasteiger partial charge on any atom is -0.375 e. The van der Waals surface area contributed by atoms with E-state index in [2.05, 4.69) is 34.6 Å². The van der Waals surface area contributed by atoms with Gasteiger partial charge in [0.15, 0.2) is 0 Å². The lowest BCUT2D eigenvalue weighted by molar-refractivity contribution is -0.133. The zero-order valence-electron chi connectivity index (χ0n) is 12.0. The molecule has 1 rings (SSSR count). The smallest absolute Gasteiger partial charge is 0.223 e. The maximum atomic E-state index is 11.8. The molecule has 0 aromatic rings. The van der Waals surface area contributed by atoms with Crippen LogP contribution in [0.5, 0.6) is 0 Å². The number of carbonyl (C=O) groups is 1. The number of hydrogen-bond acceptors (Lipinski definition) is 2. The molecule has 1 heterocycles. The molecule has 1 fully saturated rings. The van der Waals surface area contributed by atoms with Gasteiger partial charge in [-0.3, -0.25) is 4.79 Å². The summed E-state index contributed by atoms with van der Waals surface area (Å²) >= 11 is 0. The summed E-state index contributed by atoms with van der Waals surface area (Å²) in [5.74, 6) is 0.300. The summed E-state index contributed by atoms with van der Waals surface area (Å²) in [6.07, 6.45) is 4.15. The second-order valence-electron chi connectivity index (χ2n) is 5.88. The average Bonchev–Trinajstić information content (AvgIpc) is 2.63. The van der Waals surface area contributed by atoms with Crippen LogP contribution in [0.4, 0.5) is 0 Å². The lowest BCUT2D eigenvalue weighted by Gasteiger charge is -2.38. The Kier molecular flexibility index (Phi) is 4.99. The first-order valence-electron chi connectivity index (χ1n) is 6.82. The molecule has 0 N–H and O–H groups in total. The number of rotatable bonds is 6. The molecular weight excluding hydrogens is 214 g/mol. The van der Waals surface area contributed by atoms with Crippen LogP contribution >= 0.6 is 0 Å². The van der Waals surface area contributed by atoms with Crippen LogP contribution in [-0.2, 0) is 9.53 Å². The standard InChI is InChI=1S/C14H27NO2/c1-6-12(17-11(2)3)10-14(4,5)15-9-7-8-13(15)16/h11-12H,6-10H2,1-5H3. The molecule has 0 aliphatic carbocycles. The maximum Gasteiger partial charge on any atom is 0.223 e. The molecule has 1 aliphatic heterocycles. The van der Waals surface area contributed by atoms with E-state index in [4.69, 9.17) is 4.74 Å². The highest BCUT2D eigenvalue weighted by molar-refractivity contribution is 5.78. The van der Waals surface area contributed by atoms with Gasteiger partial charge in [0, 0.05) is 18.5 Å². The Bertz CT molecular complexity index is 261. The Balaban J connectivity index is 2.60. The van der Waals surface area contributed by atoms with Gasteiger partial charge >= 0.3 is 0 Å². The van der Waals surface area contributed by atoms with Crippen molar-refractivity contribution in [3.63, 3.8) is 0 Å². The van der Waals surface area contributed by atoms with Gasteiger partial charge in [0.25, 0.3) is 0 Å². The third kappa shape index (κ3) is 3.98. The van der Waals surface area contributed by atoms with Gasteiger partial charge in [-0.25, -0.2) is 0 Å². The number of ether oxygens (including phenoxy) is 1. The predicted octanol–water partition coefficient (Wildman–Crippen LogP) is 2.98. The lowest BCUT2D eigenvalue weighted by atomic mass is 9.93. The number of carbonyl (C=O) groups excluding carboxylic acids is 1. The van der Waals surface area contributed by atoms with Gasteiger partial charge in [0.1, 0.15) is 0 Å². The first kappa shape index (κ1) is 14.5. The number of nitrogens with zero attached hydrogens (tertiary/aromatic N) is 1. The topological polar surface area (TPSA) is 29.5 Å². The first-order chi connectivity index (χ1) is 7.86. The van der Waals surface area contributed by atoms with Crippen LogP contribution < -0.4 is 0 Å². The summed E-state index contributed by atoms with van der Waals surface area (Å²) in [5, 5.41) is 0. The SMILES string of the molecule is CCC(CC(C)(C)N1CCCC1=O)OC(C)C. The molecular formula is C14H27NO2. The van der Waals surface area contributed by atoms with Gasteiger partial charge in [-0.2, -0.15) is 0 Å². The Morgan fingerprint density at radius 1 is 1.41 bits per heavy atom. The lowest BCUT2D eigenvalue weighted by Crippen LogP contribution is -2.47. The molecule has 1 aliphatic rings. The van der Waals surface area contributed by atoms with E-state index in [9.17, 15) is 4.79 Å². The molecule has 1 unspecified atom stereocenters. The number of hydrogen-bond donors (Lipinski definition) is 0. The van der Waals surface area contributed by atoms with Gasteiger partial charge in [-0.05, 0) is 47.0 Å². The van der Waals surface area contributed by atoms with Crippen LogP contribution in [0.1, 0.15) is 60.3 Å². The highest BCUT2D eigenvalue weighted by Gasteiger charge is 2.35. The molecule has 0 saturated carbocycles. The van der Waals surface area contributed by atoms with Gasteiger partial charge in [0.05, 0.1) is 12.2 Å². The van der Waals surface area contributed by atoms with Gasteiger partial charge in [-0.15, -0.1) is 0 Å². The van der Waals surface area contributed by atoms with E-state index < -0.39 is 0 Å². The summed E-state index contributed by atoms with van der Waals surface area (Å²) < 4.78 is 5.89. The molecule has 0 aromatic carbocycles. The van der Waals surface area contributed by atoms with Crippen molar-refractivity contribution in [2.45, 2.75) is 78.0 Å². The zero-order chi connectivity index (χ0) is 13.1. The highest BCUT2D eigenvalue weighted by Crippen LogP contribution is 2.28. The maximum absolute atomic E-state index is 11.8. The van der Waals surface area contributed by atoms with E-state index in [-0.39, 0.29) is 17.7 Å². The zero-order valence-corrected chi connectivity index (χ0v) is 12.0. The second-order valence-corrected chi connectivity index (χ2v) is 5.88. The average molecular weight is 241 g/mol. The van der Waals surface area contributed by atoms with E-state index in [0.717, 1.165) is 25.8 Å². The van der Waals surface area contributed by atoms with E-state index in [0.29, 0.717) is 12.3 Å². The molecule has 0 aromatic heterocycles. The van der Waals surface area contributed by atoms with Crippen molar-refractivity contribution in [2.24, 2.45) is 0 Å². The molecule has 100 valence electrons. The van der Waals surface area contributed by atoms with Gasteiger partial charge in [-0.1, -0.05) is 6.92 Å². The quantitative estimate of drug-likeness (QED) is 0.715. The van der Waals surface area contributed by atoms with Crippen molar-refractivity contribution in [1.82, 2.24) is 4.90 Å². The number of amides is 1. The van der Waals surface area contributed by atoms with Gasteiger partial charge in [0.2, 0.25) is 5.91 Å². The van der Waals surface area contributed by atoms with E-state index in [1.807, 2.05) is 4.90 Å². The Morgan fingerprint density at radius 2 is 2.06 bits per heavy atom. The van der Waals surface area contributed by atoms with Crippen LogP contribution in [-0.4, -0.2) is 35.1 Å². The molecule has 1 amide bonds. The minimum absolute atomic E-state index is 0.0802. The van der Waals surface area contributed by atoms with Crippen molar-refractivity contribution in [3.05, 3.63) is 0 Å². The fraction of sp³-hybridized carbons (Fsp3) is 0.929. The summed E-state index contributed by atoms with van der Waals surface area (Å²) in [6.45, 7) is 11.5. The molecule has 0 radical (unpaired) electrons. The molecule has 0 bridgehead atoms. The van der Waals surface area contributed by atoms with Crippen LogP contribution in [0, 0.1) is 0 Å². The van der Waals surface area contributed by atoms with Crippen molar-refractivity contribution < 1.29 is 9.53 Å². The molecule has 3 heteroatoms. The van der Waals surface area contributed by atoms with Crippen LogP contribution in [0.2, 0.25) is 0 Å². The fourth-order valence-corrected chi connectivity index (χ4v) is 2.63. The van der Waals surface area contributed by atoms with E-state index in [1.165, 1.54) is 0 Å². The highest BCUT2D eigenvalue weighted by atomic mass is 16.5. The summed E-state index contributed by atoms with van der Waals surface area (Å²) in [7, 11) is 0. The minimum atomic E-state index is -0.0802. The van der Waals surface area contributed by atoms with Crippen LogP contribution in [0.25, 0.3) is 0 Å². The van der Waals surface area contributed by atoms with Crippen molar-refractivity contribution in [1.29, 1.82) is 0 Å². The van der Waals surface area contributed by atoms with Crippen LogP contribution in [0.3, 0.4) is 0 Å². The predicted molar refractivity (Wildman–Crippen MR) is 69.9 cm³/mol. The normalized spacial score (nSPS) is 19.2. The Labute approximate surface area is 106 Å².